The number of pyridine rings is 2. The predicted octanol–water partition coefficient (Wildman–Crippen LogP) is 8.73. The minimum absolute atomic E-state index is 0.862. The SMILES string of the molecule is c1ccc([Si]23c4ccccc4Oc4ccc(-c5cccc(-c6cc(-c7ccncc7)cc(-c7ccncc7)c6)c5)c(c42)Oc2ccccc23)cc1. The highest BCUT2D eigenvalue weighted by Crippen LogP contribution is 2.44. The summed E-state index contributed by atoms with van der Waals surface area (Å²) >= 11 is 0. The van der Waals surface area contributed by atoms with Crippen LogP contribution < -0.4 is 30.2 Å². The molecule has 0 radical (unpaired) electrons. The third kappa shape index (κ3) is 4.67. The Hall–Kier alpha value is -6.56. The normalized spacial score (nSPS) is 15.1. The van der Waals surface area contributed by atoms with E-state index >= 15 is 0 Å². The molecular formula is C46H30N2O2Si. The van der Waals surface area contributed by atoms with Crippen molar-refractivity contribution >= 4 is 28.8 Å². The monoisotopic (exact) mass is 670 g/mol. The molecule has 51 heavy (non-hydrogen) atoms. The van der Waals surface area contributed by atoms with Crippen molar-refractivity contribution in [2.24, 2.45) is 0 Å². The summed E-state index contributed by atoms with van der Waals surface area (Å²) in [5.74, 6) is 3.55. The summed E-state index contributed by atoms with van der Waals surface area (Å²) in [5, 5.41) is 4.95. The maximum absolute atomic E-state index is 7.01. The number of aromatic nitrogens is 2. The highest BCUT2D eigenvalue weighted by molar-refractivity contribution is 7.21. The topological polar surface area (TPSA) is 44.2 Å². The second-order valence-corrected chi connectivity index (χ2v) is 16.6. The molecule has 2 aliphatic rings. The van der Waals surface area contributed by atoms with E-state index in [1.165, 1.54) is 15.6 Å². The van der Waals surface area contributed by atoms with Gasteiger partial charge < -0.3 is 9.47 Å². The van der Waals surface area contributed by atoms with Crippen molar-refractivity contribution in [3.8, 4) is 67.5 Å². The summed E-state index contributed by atoms with van der Waals surface area (Å²) in [4.78, 5) is 8.52. The molecule has 4 nitrogen and oxygen atoms in total. The molecule has 0 aliphatic carbocycles. The van der Waals surface area contributed by atoms with Crippen molar-refractivity contribution in [1.82, 2.24) is 9.97 Å². The number of rotatable bonds is 5. The second kappa shape index (κ2) is 11.8. The Kier molecular flexibility index (Phi) is 6.79. The average molecular weight is 671 g/mol. The number of fused-ring (bicyclic) bond motifs is 4. The first-order chi connectivity index (χ1) is 25.3. The third-order valence-electron chi connectivity index (χ3n) is 10.2. The number of hydrogen-bond donors (Lipinski definition) is 0. The Labute approximate surface area is 297 Å². The molecule has 1 unspecified atom stereocenters. The van der Waals surface area contributed by atoms with Gasteiger partial charge in [-0.25, -0.2) is 0 Å². The molecule has 4 heterocycles. The Morgan fingerprint density at radius 1 is 0.373 bits per heavy atom. The molecular weight excluding hydrogens is 641 g/mol. The first-order valence-corrected chi connectivity index (χ1v) is 19.1. The third-order valence-corrected chi connectivity index (χ3v) is 15.0. The Morgan fingerprint density at radius 2 is 0.902 bits per heavy atom. The molecule has 0 bridgehead atoms. The van der Waals surface area contributed by atoms with E-state index in [1.54, 1.807) is 0 Å². The van der Waals surface area contributed by atoms with E-state index in [0.717, 1.165) is 72.7 Å². The number of hydrogen-bond acceptors (Lipinski definition) is 4. The van der Waals surface area contributed by atoms with Gasteiger partial charge in [0.2, 0.25) is 0 Å². The van der Waals surface area contributed by atoms with Gasteiger partial charge in [-0.15, -0.1) is 0 Å². The van der Waals surface area contributed by atoms with Gasteiger partial charge in [0.1, 0.15) is 23.0 Å². The van der Waals surface area contributed by atoms with E-state index in [2.05, 4.69) is 168 Å². The standard InChI is InChI=1S/C46H30N2O2Si/c1-2-11-38(12-3-1)51-43-15-6-4-13-40(43)49-42-18-17-39(45(46(42)51)50-41-14-5-7-16-44(41)51)34-10-8-9-33(27-34)37-29-35(31-19-23-47-24-20-31)28-36(30-37)32-21-25-48-26-22-32/h1-30H. The predicted molar refractivity (Wildman–Crippen MR) is 208 cm³/mol. The highest BCUT2D eigenvalue weighted by atomic mass is 28.3. The number of ether oxygens (including phenoxy) is 2. The zero-order valence-electron chi connectivity index (χ0n) is 27.5. The minimum Gasteiger partial charge on any atom is -0.457 e. The minimum atomic E-state index is -2.84. The van der Waals surface area contributed by atoms with Gasteiger partial charge in [-0.2, -0.15) is 0 Å². The van der Waals surface area contributed by atoms with Gasteiger partial charge in [0.25, 0.3) is 0 Å². The number of para-hydroxylation sites is 2. The summed E-state index contributed by atoms with van der Waals surface area (Å²) in [6.45, 7) is 0. The van der Waals surface area contributed by atoms with Crippen molar-refractivity contribution in [3.05, 3.63) is 183 Å². The summed E-state index contributed by atoms with van der Waals surface area (Å²) in [5.41, 5.74) is 8.86. The molecule has 8 aromatic rings. The van der Waals surface area contributed by atoms with Crippen LogP contribution in [0.2, 0.25) is 0 Å². The van der Waals surface area contributed by atoms with Gasteiger partial charge in [-0.3, -0.25) is 9.97 Å². The van der Waals surface area contributed by atoms with Gasteiger partial charge in [0.05, 0.1) is 0 Å². The van der Waals surface area contributed by atoms with E-state index in [1.807, 2.05) is 24.8 Å². The first kappa shape index (κ1) is 29.4. The zero-order chi connectivity index (χ0) is 33.8. The Balaban J connectivity index is 1.19. The molecule has 0 spiro atoms. The summed E-state index contributed by atoms with van der Waals surface area (Å²) in [6.07, 6.45) is 7.37. The lowest BCUT2D eigenvalue weighted by Crippen LogP contribution is -2.77. The molecule has 0 amide bonds. The smallest absolute Gasteiger partial charge is 0.197 e. The van der Waals surface area contributed by atoms with Crippen LogP contribution in [0.3, 0.4) is 0 Å². The molecule has 2 aromatic heterocycles. The second-order valence-electron chi connectivity index (χ2n) is 13.0. The van der Waals surface area contributed by atoms with E-state index in [-0.39, 0.29) is 0 Å². The molecule has 0 N–H and O–H groups in total. The van der Waals surface area contributed by atoms with Crippen LogP contribution in [0.15, 0.2) is 183 Å². The van der Waals surface area contributed by atoms with Crippen molar-refractivity contribution in [1.29, 1.82) is 0 Å². The van der Waals surface area contributed by atoms with Crippen molar-refractivity contribution in [3.63, 3.8) is 0 Å². The molecule has 0 fully saturated rings. The summed E-state index contributed by atoms with van der Waals surface area (Å²) in [6, 6.07) is 56.2. The van der Waals surface area contributed by atoms with Gasteiger partial charge in [-0.1, -0.05) is 84.9 Å². The number of nitrogens with zero attached hydrogens (tertiary/aromatic N) is 2. The largest absolute Gasteiger partial charge is 0.457 e. The van der Waals surface area contributed by atoms with Crippen LogP contribution in [0, 0.1) is 0 Å². The van der Waals surface area contributed by atoms with Crippen LogP contribution in [0.5, 0.6) is 23.0 Å². The van der Waals surface area contributed by atoms with E-state index in [9.17, 15) is 0 Å². The summed E-state index contributed by atoms with van der Waals surface area (Å²) in [7, 11) is -2.84. The molecule has 0 saturated carbocycles. The van der Waals surface area contributed by atoms with Crippen molar-refractivity contribution in [2.75, 3.05) is 0 Å². The van der Waals surface area contributed by atoms with Crippen LogP contribution in [-0.4, -0.2) is 18.0 Å². The van der Waals surface area contributed by atoms with Gasteiger partial charge in [0, 0.05) is 35.5 Å². The maximum atomic E-state index is 7.01. The quantitative estimate of drug-likeness (QED) is 0.172. The maximum Gasteiger partial charge on any atom is 0.197 e. The van der Waals surface area contributed by atoms with Crippen LogP contribution in [0.25, 0.3) is 44.5 Å². The first-order valence-electron chi connectivity index (χ1n) is 17.1. The van der Waals surface area contributed by atoms with E-state index in [0.29, 0.717) is 0 Å². The Morgan fingerprint density at radius 3 is 1.55 bits per heavy atom. The van der Waals surface area contributed by atoms with Crippen molar-refractivity contribution < 1.29 is 9.47 Å². The number of benzene rings is 6. The van der Waals surface area contributed by atoms with Crippen LogP contribution in [0.4, 0.5) is 0 Å². The molecule has 6 aromatic carbocycles. The molecule has 1 atom stereocenters. The van der Waals surface area contributed by atoms with Crippen LogP contribution >= 0.6 is 0 Å². The zero-order valence-corrected chi connectivity index (χ0v) is 28.5. The summed E-state index contributed by atoms with van der Waals surface area (Å²) < 4.78 is 13.7. The van der Waals surface area contributed by atoms with E-state index < -0.39 is 8.07 Å². The molecule has 0 saturated heterocycles. The molecule has 10 rings (SSSR count). The fourth-order valence-corrected chi connectivity index (χ4v) is 13.1. The lowest BCUT2D eigenvalue weighted by molar-refractivity contribution is 0.465. The van der Waals surface area contributed by atoms with Gasteiger partial charge in [0.15, 0.2) is 8.07 Å². The molecule has 2 aliphatic heterocycles. The van der Waals surface area contributed by atoms with Crippen LogP contribution in [-0.2, 0) is 0 Å². The average Bonchev–Trinajstić information content (AvgIpc) is 3.21. The highest BCUT2D eigenvalue weighted by Gasteiger charge is 2.54. The van der Waals surface area contributed by atoms with E-state index in [4.69, 9.17) is 9.47 Å². The van der Waals surface area contributed by atoms with Gasteiger partial charge in [-0.05, 0) is 127 Å². The lowest BCUT2D eigenvalue weighted by Gasteiger charge is -2.44. The Bertz CT molecular complexity index is 2520. The fraction of sp³-hybridized carbons (Fsp3) is 0. The van der Waals surface area contributed by atoms with Crippen molar-refractivity contribution in [2.45, 2.75) is 0 Å². The lowest BCUT2D eigenvalue weighted by atomic mass is 9.92. The van der Waals surface area contributed by atoms with Gasteiger partial charge >= 0.3 is 0 Å². The molecule has 5 heteroatoms. The van der Waals surface area contributed by atoms with Crippen LogP contribution in [0.1, 0.15) is 0 Å². The fourth-order valence-electron chi connectivity index (χ4n) is 7.94. The molecule has 240 valence electrons.